The van der Waals surface area contributed by atoms with Gasteiger partial charge in [-0.1, -0.05) is 15.9 Å². The molecular formula is C16H19BrClN3O2. The number of H-pyrrole nitrogens is 1. The third kappa shape index (κ3) is 4.34. The lowest BCUT2D eigenvalue weighted by Crippen LogP contribution is -2.27. The fraction of sp³-hybridized carbons (Fsp3) is 0.375. The van der Waals surface area contributed by atoms with Gasteiger partial charge in [-0.15, -0.1) is 12.4 Å². The lowest BCUT2D eigenvalue weighted by atomic mass is 10.0. The molecule has 1 saturated heterocycles. The number of carbonyl (C=O) groups is 1. The predicted molar refractivity (Wildman–Crippen MR) is 97.4 cm³/mol. The molecular weight excluding hydrogens is 382 g/mol. The molecule has 1 fully saturated rings. The first-order chi connectivity index (χ1) is 10.6. The van der Waals surface area contributed by atoms with Gasteiger partial charge in [0.25, 0.3) is 5.91 Å². The number of halogens is 2. The van der Waals surface area contributed by atoms with Gasteiger partial charge in [0.15, 0.2) is 0 Å². The second-order valence-corrected chi connectivity index (χ2v) is 6.56. The Morgan fingerprint density at radius 3 is 2.91 bits per heavy atom. The van der Waals surface area contributed by atoms with Gasteiger partial charge in [-0.3, -0.25) is 9.59 Å². The second-order valence-electron chi connectivity index (χ2n) is 5.64. The Kier molecular flexibility index (Phi) is 6.21. The van der Waals surface area contributed by atoms with E-state index in [-0.39, 0.29) is 23.9 Å². The molecule has 7 heteroatoms. The lowest BCUT2D eigenvalue weighted by Gasteiger charge is -2.11. The minimum atomic E-state index is -0.264. The summed E-state index contributed by atoms with van der Waals surface area (Å²) in [4.78, 5) is 26.9. The van der Waals surface area contributed by atoms with E-state index in [0.717, 1.165) is 35.8 Å². The van der Waals surface area contributed by atoms with Crippen LogP contribution in [0.2, 0.25) is 0 Å². The highest BCUT2D eigenvalue weighted by molar-refractivity contribution is 9.10. The minimum Gasteiger partial charge on any atom is -0.352 e. The van der Waals surface area contributed by atoms with Crippen LogP contribution in [0.1, 0.15) is 23.2 Å². The van der Waals surface area contributed by atoms with Crippen molar-refractivity contribution in [3.05, 3.63) is 44.7 Å². The third-order valence-corrected chi connectivity index (χ3v) is 4.54. The van der Waals surface area contributed by atoms with Crippen LogP contribution in [0.5, 0.6) is 0 Å². The summed E-state index contributed by atoms with van der Waals surface area (Å²) in [5.74, 6) is 0.436. The molecule has 1 aliphatic heterocycles. The zero-order chi connectivity index (χ0) is 15.5. The molecule has 0 radical (unpaired) electrons. The number of hydrogen-bond acceptors (Lipinski definition) is 3. The molecule has 1 aromatic carbocycles. The standard InChI is InChI=1S/C16H18BrN3O2.ClH/c17-11-1-2-14-12(7-11)13(8-15(21)20-14)16(22)19-6-4-10-3-5-18-9-10;/h1-2,7-8,10,18H,3-6,9H2,(H,19,22)(H,20,21);1H. The molecule has 2 heterocycles. The van der Waals surface area contributed by atoms with Crippen molar-refractivity contribution >= 4 is 45.1 Å². The predicted octanol–water partition coefficient (Wildman–Crippen LogP) is 2.44. The maximum absolute atomic E-state index is 12.4. The summed E-state index contributed by atoms with van der Waals surface area (Å²) in [5.41, 5.74) is 0.824. The Labute approximate surface area is 148 Å². The van der Waals surface area contributed by atoms with Crippen molar-refractivity contribution in [2.24, 2.45) is 5.92 Å². The van der Waals surface area contributed by atoms with Crippen molar-refractivity contribution in [3.63, 3.8) is 0 Å². The number of aromatic nitrogens is 1. The van der Waals surface area contributed by atoms with Crippen LogP contribution in [0.4, 0.5) is 0 Å². The first kappa shape index (κ1) is 18.0. The zero-order valence-electron chi connectivity index (χ0n) is 12.5. The van der Waals surface area contributed by atoms with E-state index in [1.807, 2.05) is 12.1 Å². The summed E-state index contributed by atoms with van der Waals surface area (Å²) in [7, 11) is 0. The average molecular weight is 401 g/mol. The van der Waals surface area contributed by atoms with Crippen molar-refractivity contribution in [3.8, 4) is 0 Å². The maximum Gasteiger partial charge on any atom is 0.252 e. The summed E-state index contributed by atoms with van der Waals surface area (Å²) in [6.45, 7) is 2.72. The Bertz CT molecular complexity index is 757. The number of benzene rings is 1. The average Bonchev–Trinajstić information content (AvgIpc) is 3.00. The molecule has 2 aromatic rings. The lowest BCUT2D eigenvalue weighted by molar-refractivity contribution is 0.0953. The monoisotopic (exact) mass is 399 g/mol. The smallest absolute Gasteiger partial charge is 0.252 e. The van der Waals surface area contributed by atoms with Crippen molar-refractivity contribution in [2.75, 3.05) is 19.6 Å². The van der Waals surface area contributed by atoms with Gasteiger partial charge in [0.2, 0.25) is 5.56 Å². The molecule has 124 valence electrons. The topological polar surface area (TPSA) is 74.0 Å². The molecule has 0 saturated carbocycles. The van der Waals surface area contributed by atoms with Crippen LogP contribution in [-0.2, 0) is 0 Å². The SMILES string of the molecule is Cl.O=C(NCCC1CCNC1)c1cc(=O)[nH]c2ccc(Br)cc12. The van der Waals surface area contributed by atoms with E-state index >= 15 is 0 Å². The summed E-state index contributed by atoms with van der Waals surface area (Å²) >= 11 is 3.40. The number of fused-ring (bicyclic) bond motifs is 1. The van der Waals surface area contributed by atoms with Gasteiger partial charge in [-0.05, 0) is 50.0 Å². The minimum absolute atomic E-state index is 0. The Morgan fingerprint density at radius 2 is 2.17 bits per heavy atom. The van der Waals surface area contributed by atoms with Gasteiger partial charge in [0.1, 0.15) is 0 Å². The van der Waals surface area contributed by atoms with Crippen LogP contribution >= 0.6 is 28.3 Å². The van der Waals surface area contributed by atoms with Crippen LogP contribution in [0.25, 0.3) is 10.9 Å². The first-order valence-corrected chi connectivity index (χ1v) is 8.24. The van der Waals surface area contributed by atoms with Gasteiger partial charge in [0.05, 0.1) is 5.56 Å². The number of hydrogen-bond donors (Lipinski definition) is 3. The molecule has 1 amide bonds. The highest BCUT2D eigenvalue weighted by Crippen LogP contribution is 2.20. The van der Waals surface area contributed by atoms with E-state index in [0.29, 0.717) is 23.5 Å². The molecule has 1 aliphatic rings. The number of pyridine rings is 1. The maximum atomic E-state index is 12.4. The van der Waals surface area contributed by atoms with E-state index in [2.05, 4.69) is 31.5 Å². The molecule has 3 N–H and O–H groups in total. The fourth-order valence-electron chi connectivity index (χ4n) is 2.86. The van der Waals surface area contributed by atoms with Gasteiger partial charge in [0, 0.05) is 28.0 Å². The molecule has 0 aliphatic carbocycles. The van der Waals surface area contributed by atoms with E-state index in [4.69, 9.17) is 0 Å². The van der Waals surface area contributed by atoms with E-state index in [1.54, 1.807) is 6.07 Å². The van der Waals surface area contributed by atoms with Gasteiger partial charge in [-0.2, -0.15) is 0 Å². The second kappa shape index (κ2) is 7.95. The Hall–Kier alpha value is -1.37. The third-order valence-electron chi connectivity index (χ3n) is 4.05. The highest BCUT2D eigenvalue weighted by atomic mass is 79.9. The van der Waals surface area contributed by atoms with Gasteiger partial charge in [-0.25, -0.2) is 0 Å². The van der Waals surface area contributed by atoms with E-state index in [9.17, 15) is 9.59 Å². The largest absolute Gasteiger partial charge is 0.352 e. The summed E-state index contributed by atoms with van der Waals surface area (Å²) in [6, 6.07) is 6.84. The van der Waals surface area contributed by atoms with E-state index < -0.39 is 0 Å². The van der Waals surface area contributed by atoms with Crippen molar-refractivity contribution in [2.45, 2.75) is 12.8 Å². The quantitative estimate of drug-likeness (QED) is 0.738. The Balaban J connectivity index is 0.00000192. The van der Waals surface area contributed by atoms with Crippen molar-refractivity contribution in [1.29, 1.82) is 0 Å². The van der Waals surface area contributed by atoms with Gasteiger partial charge < -0.3 is 15.6 Å². The number of rotatable bonds is 4. The molecule has 5 nitrogen and oxygen atoms in total. The Morgan fingerprint density at radius 1 is 1.35 bits per heavy atom. The number of amides is 1. The number of aromatic amines is 1. The molecule has 1 aromatic heterocycles. The van der Waals surface area contributed by atoms with Crippen molar-refractivity contribution < 1.29 is 4.79 Å². The molecule has 1 atom stereocenters. The summed E-state index contributed by atoms with van der Waals surface area (Å²) < 4.78 is 0.873. The molecule has 1 unspecified atom stereocenters. The van der Waals surface area contributed by atoms with Crippen LogP contribution < -0.4 is 16.2 Å². The van der Waals surface area contributed by atoms with Crippen LogP contribution in [0.15, 0.2) is 33.5 Å². The molecule has 3 rings (SSSR count). The molecule has 0 spiro atoms. The first-order valence-electron chi connectivity index (χ1n) is 7.45. The normalized spacial score (nSPS) is 17.0. The number of nitrogens with one attached hydrogen (secondary N) is 3. The van der Waals surface area contributed by atoms with Gasteiger partial charge >= 0.3 is 0 Å². The van der Waals surface area contributed by atoms with Crippen LogP contribution in [-0.4, -0.2) is 30.5 Å². The summed E-state index contributed by atoms with van der Waals surface area (Å²) in [5, 5.41) is 6.99. The molecule has 23 heavy (non-hydrogen) atoms. The number of carbonyl (C=O) groups excluding carboxylic acids is 1. The highest BCUT2D eigenvalue weighted by Gasteiger charge is 2.16. The van der Waals surface area contributed by atoms with E-state index in [1.165, 1.54) is 6.07 Å². The van der Waals surface area contributed by atoms with Crippen LogP contribution in [0, 0.1) is 5.92 Å². The zero-order valence-corrected chi connectivity index (χ0v) is 14.9. The molecule has 0 bridgehead atoms. The summed E-state index contributed by atoms with van der Waals surface area (Å²) in [6.07, 6.45) is 2.13. The van der Waals surface area contributed by atoms with Crippen LogP contribution in [0.3, 0.4) is 0 Å². The fourth-order valence-corrected chi connectivity index (χ4v) is 3.22. The van der Waals surface area contributed by atoms with Crippen molar-refractivity contribution in [1.82, 2.24) is 15.6 Å².